The number of carboxylic acids is 1. The molecule has 1 rings (SSSR count). The van der Waals surface area contributed by atoms with Gasteiger partial charge in [-0.3, -0.25) is 10.1 Å². The van der Waals surface area contributed by atoms with Crippen LogP contribution in [0.5, 0.6) is 0 Å². The Morgan fingerprint density at radius 2 is 2.05 bits per heavy atom. The molecule has 4 heteroatoms. The number of hydrogen-bond donors (Lipinski definition) is 2. The van der Waals surface area contributed by atoms with Gasteiger partial charge in [0.2, 0.25) is 0 Å². The van der Waals surface area contributed by atoms with E-state index in [9.17, 15) is 9.90 Å². The van der Waals surface area contributed by atoms with E-state index in [4.69, 9.17) is 0 Å². The van der Waals surface area contributed by atoms with Crippen molar-refractivity contribution in [2.75, 3.05) is 13.1 Å². The highest BCUT2D eigenvalue weighted by atomic mass is 16.4. The Morgan fingerprint density at radius 3 is 2.45 bits per heavy atom. The number of nitrogens with one attached hydrogen (secondary N) is 1. The van der Waals surface area contributed by atoms with E-state index < -0.39 is 11.5 Å². The van der Waals surface area contributed by atoms with E-state index in [0.717, 1.165) is 45.2 Å². The maximum absolute atomic E-state index is 11.7. The first-order chi connectivity index (χ1) is 9.49. The Hall–Kier alpha value is -0.610. The van der Waals surface area contributed by atoms with Gasteiger partial charge in [-0.2, -0.15) is 0 Å². The molecule has 118 valence electrons. The molecule has 0 heterocycles. The van der Waals surface area contributed by atoms with Gasteiger partial charge in [0, 0.05) is 12.1 Å². The molecule has 20 heavy (non-hydrogen) atoms. The number of aliphatic carboxylic acids is 1. The lowest BCUT2D eigenvalue weighted by molar-refractivity contribution is -0.145. The Kier molecular flexibility index (Phi) is 6.96. The minimum Gasteiger partial charge on any atom is -0.480 e. The van der Waals surface area contributed by atoms with Gasteiger partial charge in [0.15, 0.2) is 0 Å². The summed E-state index contributed by atoms with van der Waals surface area (Å²) in [4.78, 5) is 14.1. The van der Waals surface area contributed by atoms with Gasteiger partial charge in [0.1, 0.15) is 5.54 Å². The van der Waals surface area contributed by atoms with E-state index in [1.807, 2.05) is 6.92 Å². The molecule has 0 aromatic carbocycles. The van der Waals surface area contributed by atoms with Crippen molar-refractivity contribution >= 4 is 5.97 Å². The molecule has 0 aromatic heterocycles. The Balaban J connectivity index is 2.50. The van der Waals surface area contributed by atoms with Gasteiger partial charge in [0.05, 0.1) is 0 Å². The summed E-state index contributed by atoms with van der Waals surface area (Å²) in [6, 6.07) is 1.01. The van der Waals surface area contributed by atoms with Gasteiger partial charge in [-0.05, 0) is 58.5 Å². The van der Waals surface area contributed by atoms with Crippen LogP contribution in [0.25, 0.3) is 0 Å². The number of carbonyl (C=O) groups is 1. The summed E-state index contributed by atoms with van der Waals surface area (Å²) in [6.07, 6.45) is 5.73. The predicted molar refractivity (Wildman–Crippen MR) is 83.0 cm³/mol. The molecule has 4 nitrogen and oxygen atoms in total. The van der Waals surface area contributed by atoms with Crippen LogP contribution in [0.1, 0.15) is 66.2 Å². The number of hydrogen-bond acceptors (Lipinski definition) is 3. The van der Waals surface area contributed by atoms with Crippen LogP contribution in [0.2, 0.25) is 0 Å². The van der Waals surface area contributed by atoms with Crippen LogP contribution < -0.4 is 5.32 Å². The molecule has 2 N–H and O–H groups in total. The molecule has 0 amide bonds. The molecule has 0 spiro atoms. The largest absolute Gasteiger partial charge is 0.480 e. The van der Waals surface area contributed by atoms with Crippen molar-refractivity contribution in [1.29, 1.82) is 0 Å². The molecule has 1 fully saturated rings. The summed E-state index contributed by atoms with van der Waals surface area (Å²) in [5.41, 5.74) is -0.712. The van der Waals surface area contributed by atoms with E-state index in [1.165, 1.54) is 0 Å². The number of carboxylic acid groups (broad SMARTS) is 1. The van der Waals surface area contributed by atoms with Gasteiger partial charge in [-0.25, -0.2) is 0 Å². The SMILES string of the molecule is CCC(C)N(CC)CCCC(CC)(NC1CC1)C(=O)O. The van der Waals surface area contributed by atoms with Gasteiger partial charge >= 0.3 is 5.97 Å². The van der Waals surface area contributed by atoms with Crippen molar-refractivity contribution in [3.63, 3.8) is 0 Å². The van der Waals surface area contributed by atoms with Crippen molar-refractivity contribution in [1.82, 2.24) is 10.2 Å². The predicted octanol–water partition coefficient (Wildman–Crippen LogP) is 2.87. The van der Waals surface area contributed by atoms with Crippen molar-refractivity contribution in [2.24, 2.45) is 0 Å². The van der Waals surface area contributed by atoms with Gasteiger partial charge in [-0.15, -0.1) is 0 Å². The lowest BCUT2D eigenvalue weighted by atomic mass is 9.90. The number of rotatable bonds is 11. The summed E-state index contributed by atoms with van der Waals surface area (Å²) in [7, 11) is 0. The summed E-state index contributed by atoms with van der Waals surface area (Å²) in [5, 5.41) is 13.0. The second-order valence-corrected chi connectivity index (χ2v) is 6.15. The third kappa shape index (κ3) is 4.74. The van der Waals surface area contributed by atoms with Crippen LogP contribution in [0, 0.1) is 0 Å². The summed E-state index contributed by atoms with van der Waals surface area (Å²) in [5.74, 6) is -0.682. The second kappa shape index (κ2) is 7.99. The molecule has 0 aliphatic heterocycles. The molecule has 0 radical (unpaired) electrons. The zero-order valence-corrected chi connectivity index (χ0v) is 13.6. The van der Waals surface area contributed by atoms with Crippen LogP contribution in [-0.2, 0) is 4.79 Å². The van der Waals surface area contributed by atoms with Crippen LogP contribution in [-0.4, -0.2) is 46.7 Å². The first-order valence-corrected chi connectivity index (χ1v) is 8.24. The summed E-state index contributed by atoms with van der Waals surface area (Å²) >= 11 is 0. The molecular formula is C16H32N2O2. The van der Waals surface area contributed by atoms with E-state index in [-0.39, 0.29) is 0 Å². The lowest BCUT2D eigenvalue weighted by Gasteiger charge is -2.32. The first kappa shape index (κ1) is 17.4. The molecule has 0 saturated heterocycles. The zero-order chi connectivity index (χ0) is 15.2. The standard InChI is InChI=1S/C16H32N2O2/c1-5-13(4)18(7-3)12-8-11-16(6-2,15(19)20)17-14-9-10-14/h13-14,17H,5-12H2,1-4H3,(H,19,20). The minimum absolute atomic E-state index is 0.433. The van der Waals surface area contributed by atoms with Crippen LogP contribution >= 0.6 is 0 Å². The van der Waals surface area contributed by atoms with Crippen LogP contribution in [0.4, 0.5) is 0 Å². The van der Waals surface area contributed by atoms with Crippen molar-refractivity contribution in [3.8, 4) is 0 Å². The van der Waals surface area contributed by atoms with Crippen molar-refractivity contribution in [3.05, 3.63) is 0 Å². The number of nitrogens with zero attached hydrogens (tertiary/aromatic N) is 1. The topological polar surface area (TPSA) is 52.6 Å². The molecule has 1 aliphatic carbocycles. The Morgan fingerprint density at radius 1 is 1.40 bits per heavy atom. The van der Waals surface area contributed by atoms with E-state index in [1.54, 1.807) is 0 Å². The smallest absolute Gasteiger partial charge is 0.323 e. The van der Waals surface area contributed by atoms with Crippen molar-refractivity contribution in [2.45, 2.75) is 83.8 Å². The van der Waals surface area contributed by atoms with Gasteiger partial charge in [-0.1, -0.05) is 20.8 Å². The second-order valence-electron chi connectivity index (χ2n) is 6.15. The molecule has 1 aliphatic rings. The fraction of sp³-hybridized carbons (Fsp3) is 0.938. The molecule has 2 unspecified atom stereocenters. The monoisotopic (exact) mass is 284 g/mol. The van der Waals surface area contributed by atoms with Crippen LogP contribution in [0.15, 0.2) is 0 Å². The maximum Gasteiger partial charge on any atom is 0.323 e. The fourth-order valence-electron chi connectivity index (χ4n) is 2.82. The molecule has 2 atom stereocenters. The zero-order valence-electron chi connectivity index (χ0n) is 13.6. The Bertz CT molecular complexity index is 305. The van der Waals surface area contributed by atoms with Crippen molar-refractivity contribution < 1.29 is 9.90 Å². The average Bonchev–Trinajstić information content (AvgIpc) is 3.25. The fourth-order valence-corrected chi connectivity index (χ4v) is 2.82. The molecule has 1 saturated carbocycles. The third-order valence-electron chi connectivity index (χ3n) is 4.74. The molecule has 0 bridgehead atoms. The molecule has 0 aromatic rings. The first-order valence-electron chi connectivity index (χ1n) is 8.24. The summed E-state index contributed by atoms with van der Waals surface area (Å²) < 4.78 is 0. The minimum atomic E-state index is -0.712. The van der Waals surface area contributed by atoms with Gasteiger partial charge in [0.25, 0.3) is 0 Å². The Labute approximate surface area is 123 Å². The van der Waals surface area contributed by atoms with Gasteiger partial charge < -0.3 is 10.0 Å². The summed E-state index contributed by atoms with van der Waals surface area (Å²) in [6.45, 7) is 10.6. The highest BCUT2D eigenvalue weighted by Gasteiger charge is 2.40. The quantitative estimate of drug-likeness (QED) is 0.612. The normalized spacial score (nSPS) is 19.9. The maximum atomic E-state index is 11.7. The van der Waals surface area contributed by atoms with E-state index in [0.29, 0.717) is 18.5 Å². The third-order valence-corrected chi connectivity index (χ3v) is 4.74. The highest BCUT2D eigenvalue weighted by Crippen LogP contribution is 2.27. The van der Waals surface area contributed by atoms with E-state index in [2.05, 4.69) is 31.0 Å². The lowest BCUT2D eigenvalue weighted by Crippen LogP contribution is -2.53. The highest BCUT2D eigenvalue weighted by molar-refractivity contribution is 5.78. The van der Waals surface area contributed by atoms with Crippen LogP contribution in [0.3, 0.4) is 0 Å². The molecular weight excluding hydrogens is 252 g/mol. The van der Waals surface area contributed by atoms with E-state index >= 15 is 0 Å². The average molecular weight is 284 g/mol.